The van der Waals surface area contributed by atoms with Crippen molar-refractivity contribution in [1.29, 1.82) is 0 Å². The summed E-state index contributed by atoms with van der Waals surface area (Å²) in [5.74, 6) is 0.467. The summed E-state index contributed by atoms with van der Waals surface area (Å²) in [6.45, 7) is 4.36. The van der Waals surface area contributed by atoms with Crippen LogP contribution < -0.4 is 4.90 Å². The van der Waals surface area contributed by atoms with Crippen LogP contribution in [0.4, 0.5) is 15.9 Å². The largest absolute Gasteiger partial charge is 0.389 e. The smallest absolute Gasteiger partial charge is 0.132 e. The maximum absolute atomic E-state index is 13.3. The van der Waals surface area contributed by atoms with Crippen molar-refractivity contribution in [3.63, 3.8) is 0 Å². The summed E-state index contributed by atoms with van der Waals surface area (Å²) >= 11 is 0. The van der Waals surface area contributed by atoms with Crippen molar-refractivity contribution in [2.24, 2.45) is 0 Å². The number of nitrogens with zero attached hydrogens (tertiary/aromatic N) is 2. The number of hydrogen-bond donors (Lipinski definition) is 1. The minimum Gasteiger partial charge on any atom is -0.389 e. The molecule has 1 atom stereocenters. The zero-order chi connectivity index (χ0) is 13.8. The molecular formula is C15H17FN2O. The predicted molar refractivity (Wildman–Crippen MR) is 74.0 cm³/mol. The average Bonchev–Trinajstić information content (AvgIpc) is 2.40. The van der Waals surface area contributed by atoms with Crippen molar-refractivity contribution in [3.05, 3.63) is 54.0 Å². The van der Waals surface area contributed by atoms with Crippen LogP contribution in [0.1, 0.15) is 25.5 Å². The first kappa shape index (κ1) is 13.5. The van der Waals surface area contributed by atoms with Gasteiger partial charge in [-0.3, -0.25) is 0 Å². The molecule has 100 valence electrons. The minimum absolute atomic E-state index is 0.267. The summed E-state index contributed by atoms with van der Waals surface area (Å²) in [4.78, 5) is 6.23. The highest BCUT2D eigenvalue weighted by atomic mass is 19.1. The molecular weight excluding hydrogens is 243 g/mol. The van der Waals surface area contributed by atoms with Gasteiger partial charge in [0.25, 0.3) is 0 Å². The second kappa shape index (κ2) is 5.80. The minimum atomic E-state index is -0.536. The first-order valence-electron chi connectivity index (χ1n) is 6.29. The van der Waals surface area contributed by atoms with E-state index in [9.17, 15) is 9.50 Å². The number of rotatable bonds is 4. The lowest BCUT2D eigenvalue weighted by Crippen LogP contribution is -2.17. The topological polar surface area (TPSA) is 36.4 Å². The zero-order valence-corrected chi connectivity index (χ0v) is 11.0. The van der Waals surface area contributed by atoms with Crippen molar-refractivity contribution >= 4 is 11.5 Å². The number of benzene rings is 1. The number of aliphatic hydroxyl groups excluding tert-OH is 1. The molecule has 0 fully saturated rings. The Kier molecular flexibility index (Phi) is 4.12. The SMILES string of the molecule is CCN(c1cccc(F)c1)c1ccc([C@H](C)O)cn1. The van der Waals surface area contributed by atoms with E-state index in [1.807, 2.05) is 30.0 Å². The van der Waals surface area contributed by atoms with Gasteiger partial charge in [-0.1, -0.05) is 12.1 Å². The van der Waals surface area contributed by atoms with E-state index < -0.39 is 6.10 Å². The van der Waals surface area contributed by atoms with E-state index in [1.165, 1.54) is 12.1 Å². The van der Waals surface area contributed by atoms with Crippen LogP contribution in [-0.4, -0.2) is 16.6 Å². The molecule has 0 amide bonds. The van der Waals surface area contributed by atoms with Gasteiger partial charge in [-0.2, -0.15) is 0 Å². The third kappa shape index (κ3) is 3.09. The first-order chi connectivity index (χ1) is 9.11. The van der Waals surface area contributed by atoms with Crippen molar-refractivity contribution in [3.8, 4) is 0 Å². The lowest BCUT2D eigenvalue weighted by atomic mass is 10.2. The molecule has 1 heterocycles. The van der Waals surface area contributed by atoms with Gasteiger partial charge < -0.3 is 10.0 Å². The Labute approximate surface area is 112 Å². The van der Waals surface area contributed by atoms with E-state index in [2.05, 4.69) is 4.98 Å². The number of halogens is 1. The van der Waals surface area contributed by atoms with Crippen LogP contribution in [0.5, 0.6) is 0 Å². The number of aliphatic hydroxyl groups is 1. The van der Waals surface area contributed by atoms with Gasteiger partial charge in [0, 0.05) is 18.4 Å². The van der Waals surface area contributed by atoms with Gasteiger partial charge in [-0.15, -0.1) is 0 Å². The van der Waals surface area contributed by atoms with Gasteiger partial charge in [0.05, 0.1) is 6.10 Å². The molecule has 0 saturated heterocycles. The first-order valence-corrected chi connectivity index (χ1v) is 6.29. The molecule has 1 N–H and O–H groups in total. The van der Waals surface area contributed by atoms with E-state index in [1.54, 1.807) is 19.2 Å². The summed E-state index contributed by atoms with van der Waals surface area (Å²) < 4.78 is 13.3. The quantitative estimate of drug-likeness (QED) is 0.915. The highest BCUT2D eigenvalue weighted by Gasteiger charge is 2.10. The third-order valence-electron chi connectivity index (χ3n) is 2.97. The Balaban J connectivity index is 2.31. The van der Waals surface area contributed by atoms with Crippen molar-refractivity contribution in [1.82, 2.24) is 4.98 Å². The van der Waals surface area contributed by atoms with Gasteiger partial charge in [-0.25, -0.2) is 9.37 Å². The monoisotopic (exact) mass is 260 g/mol. The molecule has 19 heavy (non-hydrogen) atoms. The van der Waals surface area contributed by atoms with E-state index >= 15 is 0 Å². The van der Waals surface area contributed by atoms with Gasteiger partial charge in [0.1, 0.15) is 11.6 Å². The Morgan fingerprint density at radius 3 is 2.63 bits per heavy atom. The van der Waals surface area contributed by atoms with Crippen LogP contribution in [-0.2, 0) is 0 Å². The van der Waals surface area contributed by atoms with Gasteiger partial charge in [-0.05, 0) is 43.7 Å². The molecule has 1 aromatic carbocycles. The van der Waals surface area contributed by atoms with Gasteiger partial charge in [0.2, 0.25) is 0 Å². The molecule has 0 aliphatic carbocycles. The van der Waals surface area contributed by atoms with Crippen molar-refractivity contribution in [2.45, 2.75) is 20.0 Å². The fourth-order valence-corrected chi connectivity index (χ4v) is 1.93. The molecule has 0 saturated carbocycles. The summed E-state index contributed by atoms with van der Waals surface area (Å²) in [5, 5.41) is 9.46. The van der Waals surface area contributed by atoms with Crippen LogP contribution in [0.3, 0.4) is 0 Å². The van der Waals surface area contributed by atoms with E-state index in [4.69, 9.17) is 0 Å². The second-order valence-electron chi connectivity index (χ2n) is 4.35. The Hall–Kier alpha value is -1.94. The molecule has 0 radical (unpaired) electrons. The average molecular weight is 260 g/mol. The number of hydrogen-bond acceptors (Lipinski definition) is 3. The molecule has 0 aliphatic heterocycles. The standard InChI is InChI=1S/C15H17FN2O/c1-3-18(14-6-4-5-13(16)9-14)15-8-7-12(10-17-15)11(2)19/h4-11,19H,3H2,1-2H3/t11-/m0/s1. The van der Waals surface area contributed by atoms with E-state index in [0.29, 0.717) is 6.54 Å². The predicted octanol–water partition coefficient (Wildman–Crippen LogP) is 3.43. The van der Waals surface area contributed by atoms with Crippen molar-refractivity contribution in [2.75, 3.05) is 11.4 Å². The summed E-state index contributed by atoms with van der Waals surface area (Å²) in [5.41, 5.74) is 1.53. The third-order valence-corrected chi connectivity index (χ3v) is 2.97. The van der Waals surface area contributed by atoms with Crippen LogP contribution in [0.2, 0.25) is 0 Å². The molecule has 2 aromatic rings. The maximum atomic E-state index is 13.3. The highest BCUT2D eigenvalue weighted by molar-refractivity contribution is 5.59. The van der Waals surface area contributed by atoms with Gasteiger partial charge >= 0.3 is 0 Å². The van der Waals surface area contributed by atoms with Gasteiger partial charge in [0.15, 0.2) is 0 Å². The van der Waals surface area contributed by atoms with E-state index in [0.717, 1.165) is 17.1 Å². The fourth-order valence-electron chi connectivity index (χ4n) is 1.93. The van der Waals surface area contributed by atoms with Crippen LogP contribution in [0.15, 0.2) is 42.6 Å². The molecule has 0 unspecified atom stereocenters. The molecule has 4 heteroatoms. The summed E-state index contributed by atoms with van der Waals surface area (Å²) in [6, 6.07) is 10.1. The molecule has 0 aliphatic rings. The number of pyridine rings is 1. The normalized spacial score (nSPS) is 12.2. The zero-order valence-electron chi connectivity index (χ0n) is 11.0. The van der Waals surface area contributed by atoms with Crippen LogP contribution in [0, 0.1) is 5.82 Å². The maximum Gasteiger partial charge on any atom is 0.132 e. The molecule has 3 nitrogen and oxygen atoms in total. The molecule has 0 spiro atoms. The fraction of sp³-hybridized carbons (Fsp3) is 0.267. The second-order valence-corrected chi connectivity index (χ2v) is 4.35. The Morgan fingerprint density at radius 1 is 1.32 bits per heavy atom. The summed E-state index contributed by atoms with van der Waals surface area (Å²) in [6.07, 6.45) is 1.10. The highest BCUT2D eigenvalue weighted by Crippen LogP contribution is 2.24. The number of aromatic nitrogens is 1. The molecule has 2 rings (SSSR count). The lowest BCUT2D eigenvalue weighted by molar-refractivity contribution is 0.199. The van der Waals surface area contributed by atoms with Crippen molar-refractivity contribution < 1.29 is 9.50 Å². The lowest BCUT2D eigenvalue weighted by Gasteiger charge is -2.22. The summed E-state index contributed by atoms with van der Waals surface area (Å²) in [7, 11) is 0. The molecule has 1 aromatic heterocycles. The van der Waals surface area contributed by atoms with Crippen LogP contribution >= 0.6 is 0 Å². The van der Waals surface area contributed by atoms with E-state index in [-0.39, 0.29) is 5.82 Å². The Morgan fingerprint density at radius 2 is 2.11 bits per heavy atom. The molecule has 0 bridgehead atoms. The van der Waals surface area contributed by atoms with Crippen LogP contribution in [0.25, 0.3) is 0 Å². The number of anilines is 2. The Bertz CT molecular complexity index is 540.